The molecule has 0 bridgehead atoms. The van der Waals surface area contributed by atoms with Crippen molar-refractivity contribution in [2.24, 2.45) is 0 Å². The third-order valence-corrected chi connectivity index (χ3v) is 5.89. The molecule has 1 aromatic carbocycles. The van der Waals surface area contributed by atoms with E-state index in [9.17, 15) is 5.11 Å². The van der Waals surface area contributed by atoms with Crippen LogP contribution in [0.2, 0.25) is 0 Å². The molecule has 0 amide bonds. The molecule has 0 saturated carbocycles. The number of rotatable bonds is 3. The van der Waals surface area contributed by atoms with Crippen LogP contribution in [0.4, 0.5) is 0 Å². The highest BCUT2D eigenvalue weighted by atomic mass is 16.7. The van der Waals surface area contributed by atoms with Crippen LogP contribution >= 0.6 is 0 Å². The number of phenolic OH excluding ortho intramolecular Hbond substituents is 1. The van der Waals surface area contributed by atoms with Gasteiger partial charge in [-0.1, -0.05) is 24.3 Å². The summed E-state index contributed by atoms with van der Waals surface area (Å²) in [5.74, 6) is 0.235. The van der Waals surface area contributed by atoms with Crippen molar-refractivity contribution in [1.29, 1.82) is 0 Å². The number of para-hydroxylation sites is 1. The number of hydrogen-bond donors (Lipinski definition) is 1. The van der Waals surface area contributed by atoms with E-state index in [1.165, 1.54) is 0 Å². The van der Waals surface area contributed by atoms with Crippen molar-refractivity contribution in [3.05, 3.63) is 60.6 Å². The van der Waals surface area contributed by atoms with Gasteiger partial charge in [0.05, 0.1) is 16.9 Å². The number of phenols is 1. The number of nitrogens with zero attached hydrogens (tertiary/aromatic N) is 2. The number of aromatic nitrogens is 2. The lowest BCUT2D eigenvalue weighted by Crippen LogP contribution is -2.41. The molecular formula is C23H25BN2O3. The van der Waals surface area contributed by atoms with Crippen molar-refractivity contribution in [3.8, 4) is 28.1 Å². The molecule has 4 rings (SSSR count). The highest BCUT2D eigenvalue weighted by Crippen LogP contribution is 2.36. The minimum Gasteiger partial charge on any atom is -0.507 e. The fraction of sp³-hybridized carbons (Fsp3) is 0.304. The maximum atomic E-state index is 10.2. The predicted molar refractivity (Wildman–Crippen MR) is 115 cm³/mol. The summed E-state index contributed by atoms with van der Waals surface area (Å²) >= 11 is 0. The molecule has 0 spiro atoms. The molecule has 0 radical (unpaired) electrons. The maximum absolute atomic E-state index is 10.2. The van der Waals surface area contributed by atoms with Crippen molar-refractivity contribution >= 4 is 12.6 Å². The van der Waals surface area contributed by atoms with Gasteiger partial charge in [0.1, 0.15) is 5.75 Å². The minimum atomic E-state index is -0.436. The molecule has 1 aliphatic rings. The fourth-order valence-corrected chi connectivity index (χ4v) is 3.34. The summed E-state index contributed by atoms with van der Waals surface area (Å²) in [6, 6.07) is 13.2. The Bertz CT molecular complexity index is 1030. The van der Waals surface area contributed by atoms with Gasteiger partial charge in [-0.2, -0.15) is 0 Å². The van der Waals surface area contributed by atoms with E-state index in [1.807, 2.05) is 71.0 Å². The summed E-state index contributed by atoms with van der Waals surface area (Å²) in [6.45, 7) is 10.1. The lowest BCUT2D eigenvalue weighted by atomic mass is 9.80. The topological polar surface area (TPSA) is 64.5 Å². The Morgan fingerprint density at radius 2 is 1.55 bits per heavy atom. The van der Waals surface area contributed by atoms with Crippen LogP contribution in [-0.4, -0.2) is 33.4 Å². The van der Waals surface area contributed by atoms with E-state index in [4.69, 9.17) is 9.31 Å². The molecule has 1 saturated heterocycles. The Hall–Kier alpha value is -2.70. The Labute approximate surface area is 171 Å². The van der Waals surface area contributed by atoms with Crippen LogP contribution in [-0.2, 0) is 9.31 Å². The quantitative estimate of drug-likeness (QED) is 0.684. The van der Waals surface area contributed by atoms with E-state index in [0.29, 0.717) is 0 Å². The van der Waals surface area contributed by atoms with Crippen LogP contribution < -0.4 is 5.46 Å². The zero-order valence-electron chi connectivity index (χ0n) is 17.4. The SMILES string of the molecule is Cc1ncc(-c2ccc(B3OC(C)(C)C(C)(C)O3)cn2)cc1-c1ccccc1O. The van der Waals surface area contributed by atoms with E-state index < -0.39 is 7.12 Å². The average molecular weight is 388 g/mol. The first-order chi connectivity index (χ1) is 13.7. The van der Waals surface area contributed by atoms with Crippen LogP contribution in [0.25, 0.3) is 22.4 Å². The summed E-state index contributed by atoms with van der Waals surface area (Å²) in [4.78, 5) is 9.12. The first-order valence-electron chi connectivity index (χ1n) is 9.75. The molecule has 1 N–H and O–H groups in total. The van der Waals surface area contributed by atoms with Crippen molar-refractivity contribution in [1.82, 2.24) is 9.97 Å². The highest BCUT2D eigenvalue weighted by Gasteiger charge is 2.51. The van der Waals surface area contributed by atoms with Gasteiger partial charge in [-0.05, 0) is 52.8 Å². The zero-order valence-corrected chi connectivity index (χ0v) is 17.4. The molecule has 0 atom stereocenters. The molecule has 3 heterocycles. The van der Waals surface area contributed by atoms with Gasteiger partial charge < -0.3 is 14.4 Å². The molecule has 148 valence electrons. The van der Waals surface area contributed by atoms with Gasteiger partial charge in [-0.3, -0.25) is 9.97 Å². The molecule has 1 aliphatic heterocycles. The molecular weight excluding hydrogens is 363 g/mol. The standard InChI is InChI=1S/C23H25BN2O3/c1-15-19(18-8-6-7-9-21(18)27)12-16(13-25-15)20-11-10-17(14-26-20)24-28-22(2,3)23(4,5)29-24/h6-14,27H,1-5H3. The molecule has 1 fully saturated rings. The Morgan fingerprint density at radius 1 is 0.862 bits per heavy atom. The van der Waals surface area contributed by atoms with Crippen LogP contribution in [0.15, 0.2) is 54.9 Å². The lowest BCUT2D eigenvalue weighted by Gasteiger charge is -2.32. The summed E-state index contributed by atoms with van der Waals surface area (Å²) in [5.41, 5.74) is 4.29. The van der Waals surface area contributed by atoms with Gasteiger partial charge in [0.2, 0.25) is 0 Å². The first kappa shape index (κ1) is 19.6. The molecule has 3 aromatic rings. The number of aryl methyl sites for hydroxylation is 1. The van der Waals surface area contributed by atoms with Gasteiger partial charge in [0, 0.05) is 40.2 Å². The second-order valence-corrected chi connectivity index (χ2v) is 8.44. The van der Waals surface area contributed by atoms with Crippen molar-refractivity contribution in [3.63, 3.8) is 0 Å². The predicted octanol–water partition coefficient (Wildman–Crippen LogP) is 4.12. The fourth-order valence-electron chi connectivity index (χ4n) is 3.34. The lowest BCUT2D eigenvalue weighted by molar-refractivity contribution is 0.00578. The number of aromatic hydroxyl groups is 1. The third-order valence-electron chi connectivity index (χ3n) is 5.89. The summed E-state index contributed by atoms with van der Waals surface area (Å²) in [6.07, 6.45) is 3.59. The largest absolute Gasteiger partial charge is 0.507 e. The van der Waals surface area contributed by atoms with Crippen LogP contribution in [0.1, 0.15) is 33.4 Å². The summed E-state index contributed by atoms with van der Waals surface area (Å²) in [7, 11) is -0.436. The van der Waals surface area contributed by atoms with Gasteiger partial charge in [0.15, 0.2) is 0 Å². The Kier molecular flexibility index (Phi) is 4.72. The van der Waals surface area contributed by atoms with Crippen molar-refractivity contribution < 1.29 is 14.4 Å². The average Bonchev–Trinajstić information content (AvgIpc) is 2.90. The number of pyridine rings is 2. The van der Waals surface area contributed by atoms with Crippen LogP contribution in [0.5, 0.6) is 5.75 Å². The maximum Gasteiger partial charge on any atom is 0.496 e. The van der Waals surface area contributed by atoms with E-state index in [2.05, 4.69) is 9.97 Å². The van der Waals surface area contributed by atoms with E-state index >= 15 is 0 Å². The second kappa shape index (κ2) is 6.97. The van der Waals surface area contributed by atoms with Crippen molar-refractivity contribution in [2.45, 2.75) is 45.8 Å². The van der Waals surface area contributed by atoms with E-state index in [1.54, 1.807) is 18.5 Å². The zero-order chi connectivity index (χ0) is 20.8. The molecule has 6 heteroatoms. The van der Waals surface area contributed by atoms with Gasteiger partial charge in [-0.15, -0.1) is 0 Å². The van der Waals surface area contributed by atoms with Gasteiger partial charge in [-0.25, -0.2) is 0 Å². The molecule has 0 unspecified atom stereocenters. The molecule has 29 heavy (non-hydrogen) atoms. The molecule has 2 aromatic heterocycles. The number of benzene rings is 1. The number of hydrogen-bond acceptors (Lipinski definition) is 5. The molecule has 5 nitrogen and oxygen atoms in total. The van der Waals surface area contributed by atoms with Crippen LogP contribution in [0, 0.1) is 6.92 Å². The Morgan fingerprint density at radius 3 is 2.17 bits per heavy atom. The van der Waals surface area contributed by atoms with Gasteiger partial charge in [0.25, 0.3) is 0 Å². The van der Waals surface area contributed by atoms with Crippen molar-refractivity contribution in [2.75, 3.05) is 0 Å². The van der Waals surface area contributed by atoms with Crippen LogP contribution in [0.3, 0.4) is 0 Å². The summed E-state index contributed by atoms with van der Waals surface area (Å²) in [5, 5.41) is 10.2. The van der Waals surface area contributed by atoms with Gasteiger partial charge >= 0.3 is 7.12 Å². The normalized spacial score (nSPS) is 17.5. The second-order valence-electron chi connectivity index (χ2n) is 8.44. The third kappa shape index (κ3) is 3.54. The Balaban J connectivity index is 1.64. The van der Waals surface area contributed by atoms with E-state index in [0.717, 1.165) is 33.5 Å². The van der Waals surface area contributed by atoms with E-state index in [-0.39, 0.29) is 17.0 Å². The molecule has 0 aliphatic carbocycles. The minimum absolute atomic E-state index is 0.235. The monoisotopic (exact) mass is 388 g/mol. The smallest absolute Gasteiger partial charge is 0.496 e. The highest BCUT2D eigenvalue weighted by molar-refractivity contribution is 6.62. The summed E-state index contributed by atoms with van der Waals surface area (Å²) < 4.78 is 12.2. The first-order valence-corrected chi connectivity index (χ1v) is 9.75.